The lowest BCUT2D eigenvalue weighted by Crippen LogP contribution is -2.51. The van der Waals surface area contributed by atoms with Crippen LogP contribution in [0.4, 0.5) is 5.82 Å². The van der Waals surface area contributed by atoms with E-state index in [1.54, 1.807) is 50.3 Å². The van der Waals surface area contributed by atoms with E-state index in [0.717, 1.165) is 5.56 Å². The lowest BCUT2D eigenvalue weighted by molar-refractivity contribution is -0.153. The van der Waals surface area contributed by atoms with Gasteiger partial charge >= 0.3 is 11.9 Å². The number of aromatic nitrogens is 2. The molecule has 0 radical (unpaired) electrons. The SMILES string of the molecule is COC(=O)[C@@]1(Cc2ccccc2)C[C@@](C)(C(=O)OC)[C@@H](c2c(N(C)C)nc3ccccn3c2=O)N1. The maximum atomic E-state index is 13.8. The molecule has 0 unspecified atom stereocenters. The highest BCUT2D eigenvalue weighted by Gasteiger charge is 2.61. The molecule has 1 N–H and O–H groups in total. The zero-order valence-corrected chi connectivity index (χ0v) is 20.6. The molecule has 0 aliphatic carbocycles. The number of carbonyl (C=O) groups excluding carboxylic acids is 2. The molecular weight excluding hydrogens is 448 g/mol. The third-order valence-corrected chi connectivity index (χ3v) is 6.76. The topological polar surface area (TPSA) is 102 Å². The van der Waals surface area contributed by atoms with E-state index in [0.29, 0.717) is 11.5 Å². The fourth-order valence-corrected chi connectivity index (χ4v) is 5.17. The molecule has 3 heterocycles. The quantitative estimate of drug-likeness (QED) is 0.538. The summed E-state index contributed by atoms with van der Waals surface area (Å²) in [6.07, 6.45) is 1.97. The van der Waals surface area contributed by atoms with Crippen LogP contribution >= 0.6 is 0 Å². The van der Waals surface area contributed by atoms with Gasteiger partial charge in [-0.1, -0.05) is 36.4 Å². The number of benzene rings is 1. The van der Waals surface area contributed by atoms with Crippen LogP contribution in [0.2, 0.25) is 0 Å². The van der Waals surface area contributed by atoms with Crippen molar-refractivity contribution in [3.8, 4) is 0 Å². The van der Waals surface area contributed by atoms with Gasteiger partial charge < -0.3 is 14.4 Å². The van der Waals surface area contributed by atoms with Gasteiger partial charge in [-0.15, -0.1) is 0 Å². The predicted octanol–water partition coefficient (Wildman–Crippen LogP) is 2.13. The maximum Gasteiger partial charge on any atom is 0.326 e. The van der Waals surface area contributed by atoms with Gasteiger partial charge in [-0.2, -0.15) is 0 Å². The van der Waals surface area contributed by atoms with Gasteiger partial charge in [0.25, 0.3) is 5.56 Å². The minimum atomic E-state index is -1.27. The molecule has 1 saturated heterocycles. The first-order valence-corrected chi connectivity index (χ1v) is 11.3. The standard InChI is InChI=1S/C26H30N4O5/c1-25(23(32)34-4)16-26(24(33)35-5,15-17-11-7-6-8-12-17)28-20(25)19-21(29(2)3)27-18-13-9-10-14-30(18)22(19)31/h6-14,20,28H,15-16H2,1-5H3/t20-,25-,26-/m1/s1. The molecule has 4 rings (SSSR count). The number of carbonyl (C=O) groups is 2. The molecule has 3 aromatic rings. The van der Waals surface area contributed by atoms with E-state index in [1.807, 2.05) is 30.3 Å². The first-order valence-electron chi connectivity index (χ1n) is 11.3. The first-order chi connectivity index (χ1) is 16.7. The Labute approximate surface area is 203 Å². The molecule has 1 aliphatic rings. The second-order valence-corrected chi connectivity index (χ2v) is 9.38. The lowest BCUT2D eigenvalue weighted by atomic mass is 9.75. The van der Waals surface area contributed by atoms with Crippen LogP contribution in [0.25, 0.3) is 5.65 Å². The number of nitrogens with one attached hydrogen (secondary N) is 1. The summed E-state index contributed by atoms with van der Waals surface area (Å²) in [5.74, 6) is -0.635. The zero-order valence-electron chi connectivity index (χ0n) is 20.6. The van der Waals surface area contributed by atoms with E-state index in [1.165, 1.54) is 18.6 Å². The van der Waals surface area contributed by atoms with Crippen LogP contribution < -0.4 is 15.8 Å². The van der Waals surface area contributed by atoms with Gasteiger partial charge in [0, 0.05) is 26.7 Å². The number of ether oxygens (including phenoxy) is 2. The summed E-state index contributed by atoms with van der Waals surface area (Å²) < 4.78 is 11.9. The highest BCUT2D eigenvalue weighted by atomic mass is 16.5. The second kappa shape index (κ2) is 9.14. The third-order valence-electron chi connectivity index (χ3n) is 6.76. The third kappa shape index (κ3) is 4.05. The van der Waals surface area contributed by atoms with Crippen molar-refractivity contribution in [2.24, 2.45) is 5.41 Å². The molecule has 184 valence electrons. The van der Waals surface area contributed by atoms with Crippen LogP contribution in [0.15, 0.2) is 59.5 Å². The number of rotatable bonds is 6. The number of anilines is 1. The molecule has 35 heavy (non-hydrogen) atoms. The molecule has 2 aromatic heterocycles. The molecular formula is C26H30N4O5. The molecule has 0 spiro atoms. The number of methoxy groups -OCH3 is 2. The Morgan fingerprint density at radius 1 is 1.09 bits per heavy atom. The number of fused-ring (bicyclic) bond motifs is 1. The maximum absolute atomic E-state index is 13.8. The van der Waals surface area contributed by atoms with Crippen molar-refractivity contribution in [1.82, 2.24) is 14.7 Å². The molecule has 3 atom stereocenters. The predicted molar refractivity (Wildman–Crippen MR) is 131 cm³/mol. The molecule has 0 bridgehead atoms. The Kier molecular flexibility index (Phi) is 6.38. The summed E-state index contributed by atoms with van der Waals surface area (Å²) in [4.78, 5) is 46.8. The Bertz CT molecular complexity index is 1320. The van der Waals surface area contributed by atoms with Crippen LogP contribution in [0.3, 0.4) is 0 Å². The molecule has 0 amide bonds. The summed E-state index contributed by atoms with van der Waals surface area (Å²) in [6, 6.07) is 13.9. The molecule has 9 nitrogen and oxygen atoms in total. The molecule has 1 fully saturated rings. The van der Waals surface area contributed by atoms with Gasteiger partial charge in [0.2, 0.25) is 0 Å². The van der Waals surface area contributed by atoms with Gasteiger partial charge in [-0.3, -0.25) is 24.1 Å². The summed E-state index contributed by atoms with van der Waals surface area (Å²) in [6.45, 7) is 1.71. The van der Waals surface area contributed by atoms with Gasteiger partial charge in [-0.25, -0.2) is 4.98 Å². The van der Waals surface area contributed by atoms with Gasteiger partial charge in [0.1, 0.15) is 17.0 Å². The van der Waals surface area contributed by atoms with E-state index in [2.05, 4.69) is 5.32 Å². The monoisotopic (exact) mass is 478 g/mol. The van der Waals surface area contributed by atoms with Crippen LogP contribution in [0.5, 0.6) is 0 Å². The minimum absolute atomic E-state index is 0.0721. The van der Waals surface area contributed by atoms with Crippen molar-refractivity contribution in [3.05, 3.63) is 76.2 Å². The normalized spacial score (nSPS) is 23.7. The van der Waals surface area contributed by atoms with Crippen molar-refractivity contribution in [3.63, 3.8) is 0 Å². The summed E-state index contributed by atoms with van der Waals surface area (Å²) in [5.41, 5.74) is -1.20. The largest absolute Gasteiger partial charge is 0.469 e. The van der Waals surface area contributed by atoms with Crippen LogP contribution in [-0.2, 0) is 25.5 Å². The lowest BCUT2D eigenvalue weighted by Gasteiger charge is -2.30. The highest BCUT2D eigenvalue weighted by molar-refractivity contribution is 5.87. The zero-order chi connectivity index (χ0) is 25.4. The number of esters is 2. The van der Waals surface area contributed by atoms with Crippen LogP contribution in [0, 0.1) is 5.41 Å². The minimum Gasteiger partial charge on any atom is -0.469 e. The van der Waals surface area contributed by atoms with E-state index in [9.17, 15) is 14.4 Å². The van der Waals surface area contributed by atoms with Crippen molar-refractivity contribution < 1.29 is 19.1 Å². The number of pyridine rings is 1. The van der Waals surface area contributed by atoms with E-state index < -0.39 is 28.9 Å². The average molecular weight is 479 g/mol. The Balaban J connectivity index is 1.97. The Hall–Kier alpha value is -3.72. The van der Waals surface area contributed by atoms with E-state index in [-0.39, 0.29) is 24.0 Å². The van der Waals surface area contributed by atoms with Crippen LogP contribution in [0.1, 0.15) is 30.5 Å². The van der Waals surface area contributed by atoms with Crippen molar-refractivity contribution >= 4 is 23.4 Å². The number of hydrogen-bond donors (Lipinski definition) is 1. The number of nitrogens with zero attached hydrogens (tertiary/aromatic N) is 3. The van der Waals surface area contributed by atoms with Gasteiger partial charge in [-0.05, 0) is 31.0 Å². The summed E-state index contributed by atoms with van der Waals surface area (Å²) >= 11 is 0. The molecule has 9 heteroatoms. The Morgan fingerprint density at radius 3 is 2.37 bits per heavy atom. The van der Waals surface area contributed by atoms with Crippen LogP contribution in [-0.4, -0.2) is 55.2 Å². The fourth-order valence-electron chi connectivity index (χ4n) is 5.17. The smallest absolute Gasteiger partial charge is 0.326 e. The first kappa shape index (κ1) is 24.4. The van der Waals surface area contributed by atoms with Crippen molar-refractivity contribution in [2.45, 2.75) is 31.3 Å². The molecule has 0 saturated carbocycles. The summed E-state index contributed by atoms with van der Waals surface area (Å²) in [7, 11) is 6.19. The van der Waals surface area contributed by atoms with Gasteiger partial charge in [0.15, 0.2) is 0 Å². The van der Waals surface area contributed by atoms with E-state index >= 15 is 0 Å². The molecule has 1 aliphatic heterocycles. The molecule has 1 aromatic carbocycles. The fraction of sp³-hybridized carbons (Fsp3) is 0.385. The average Bonchev–Trinajstić information content (AvgIpc) is 3.17. The summed E-state index contributed by atoms with van der Waals surface area (Å²) in [5, 5.41) is 3.37. The number of hydrogen-bond acceptors (Lipinski definition) is 8. The second-order valence-electron chi connectivity index (χ2n) is 9.38. The Morgan fingerprint density at radius 2 is 1.74 bits per heavy atom. The highest BCUT2D eigenvalue weighted by Crippen LogP contribution is 2.50. The van der Waals surface area contributed by atoms with Crippen molar-refractivity contribution in [2.75, 3.05) is 33.2 Å². The van der Waals surface area contributed by atoms with E-state index in [4.69, 9.17) is 14.5 Å². The van der Waals surface area contributed by atoms with Crippen molar-refractivity contribution in [1.29, 1.82) is 0 Å². The van der Waals surface area contributed by atoms with Gasteiger partial charge in [0.05, 0.1) is 31.2 Å².